The highest BCUT2D eigenvalue weighted by Gasteiger charge is 2.24. The quantitative estimate of drug-likeness (QED) is 0.269. The van der Waals surface area contributed by atoms with E-state index >= 15 is 0 Å². The van der Waals surface area contributed by atoms with Crippen LogP contribution in [0.1, 0.15) is 36.9 Å². The molecule has 114 valence electrons. The van der Waals surface area contributed by atoms with Crippen LogP contribution in [0, 0.1) is 5.92 Å². The first-order chi connectivity index (χ1) is 10.1. The second-order valence-corrected chi connectivity index (χ2v) is 5.33. The van der Waals surface area contributed by atoms with E-state index < -0.39 is 0 Å². The third kappa shape index (κ3) is 3.91. The number of carbonyl (C=O) groups excluding carboxylic acids is 1. The number of hydrogen-bond acceptors (Lipinski definition) is 5. The van der Waals surface area contributed by atoms with Gasteiger partial charge in [0.15, 0.2) is 5.84 Å². The molecule has 0 aliphatic heterocycles. The first-order valence-corrected chi connectivity index (χ1v) is 7.06. The zero-order valence-electron chi connectivity index (χ0n) is 11.8. The lowest BCUT2D eigenvalue weighted by atomic mass is 9.85. The zero-order chi connectivity index (χ0) is 15.2. The molecule has 1 saturated carbocycles. The number of carbonyl (C=O) groups is 1. The van der Waals surface area contributed by atoms with E-state index in [9.17, 15) is 4.79 Å². The Labute approximate surface area is 123 Å². The molecule has 0 saturated heterocycles. The van der Waals surface area contributed by atoms with Crippen LogP contribution >= 0.6 is 0 Å². The van der Waals surface area contributed by atoms with Crippen molar-refractivity contribution in [3.8, 4) is 0 Å². The molecule has 2 rings (SSSR count). The van der Waals surface area contributed by atoms with Crippen molar-refractivity contribution < 1.29 is 10.0 Å². The van der Waals surface area contributed by atoms with Crippen molar-refractivity contribution >= 4 is 11.7 Å². The molecule has 1 fully saturated rings. The number of amidine groups is 1. The number of nitrogens with two attached hydrogens (primary N) is 2. The smallest absolute Gasteiger partial charge is 0.220 e. The number of nitrogens with zero attached hydrogens (tertiary/aromatic N) is 2. The second kappa shape index (κ2) is 7.03. The molecule has 0 aromatic carbocycles. The van der Waals surface area contributed by atoms with Crippen LogP contribution in [0.5, 0.6) is 0 Å². The van der Waals surface area contributed by atoms with Gasteiger partial charge in [-0.15, -0.1) is 0 Å². The maximum absolute atomic E-state index is 11.1. The molecule has 0 bridgehead atoms. The molecule has 0 radical (unpaired) electrons. The second-order valence-electron chi connectivity index (χ2n) is 5.33. The Bertz CT molecular complexity index is 524. The molecule has 0 atom stereocenters. The summed E-state index contributed by atoms with van der Waals surface area (Å²) in [5.74, 6) is -0.186. The Hall–Kier alpha value is -2.15. The van der Waals surface area contributed by atoms with Crippen LogP contribution < -0.4 is 16.8 Å². The van der Waals surface area contributed by atoms with Crippen molar-refractivity contribution in [2.24, 2.45) is 22.5 Å². The highest BCUT2D eigenvalue weighted by atomic mass is 16.4. The molecule has 7 nitrogen and oxygen atoms in total. The summed E-state index contributed by atoms with van der Waals surface area (Å²) in [7, 11) is 0. The van der Waals surface area contributed by atoms with Crippen LogP contribution in [0.15, 0.2) is 23.5 Å². The summed E-state index contributed by atoms with van der Waals surface area (Å²) in [6.45, 7) is 0.589. The number of oxime groups is 1. The number of aromatic nitrogens is 1. The van der Waals surface area contributed by atoms with E-state index in [1.807, 2.05) is 12.1 Å². The molecular formula is C14H21N5O2. The summed E-state index contributed by atoms with van der Waals surface area (Å²) >= 11 is 0. The molecular weight excluding hydrogens is 270 g/mol. The van der Waals surface area contributed by atoms with E-state index in [2.05, 4.69) is 15.5 Å². The third-order valence-electron chi connectivity index (χ3n) is 3.95. The van der Waals surface area contributed by atoms with Gasteiger partial charge in [-0.1, -0.05) is 11.2 Å². The number of pyridine rings is 1. The van der Waals surface area contributed by atoms with E-state index in [0.717, 1.165) is 31.2 Å². The van der Waals surface area contributed by atoms with Crippen LogP contribution in [-0.2, 0) is 11.3 Å². The number of amides is 1. The van der Waals surface area contributed by atoms with Crippen molar-refractivity contribution in [2.45, 2.75) is 38.3 Å². The van der Waals surface area contributed by atoms with Crippen molar-refractivity contribution in [1.29, 1.82) is 0 Å². The average molecular weight is 291 g/mol. The first-order valence-electron chi connectivity index (χ1n) is 7.06. The molecule has 7 heteroatoms. The Balaban J connectivity index is 1.91. The van der Waals surface area contributed by atoms with Gasteiger partial charge in [0.05, 0.1) is 0 Å². The molecule has 1 amide bonds. The van der Waals surface area contributed by atoms with Crippen LogP contribution in [0.2, 0.25) is 0 Å². The fourth-order valence-electron chi connectivity index (χ4n) is 2.70. The molecule has 1 heterocycles. The molecule has 1 aromatic rings. The third-order valence-corrected chi connectivity index (χ3v) is 3.95. The molecule has 6 N–H and O–H groups in total. The molecule has 0 unspecified atom stereocenters. The van der Waals surface area contributed by atoms with Gasteiger partial charge in [-0.3, -0.25) is 9.78 Å². The summed E-state index contributed by atoms with van der Waals surface area (Å²) in [6.07, 6.45) is 5.11. The van der Waals surface area contributed by atoms with Crippen LogP contribution in [0.25, 0.3) is 0 Å². The maximum Gasteiger partial charge on any atom is 0.220 e. The van der Waals surface area contributed by atoms with Gasteiger partial charge >= 0.3 is 0 Å². The normalized spacial score (nSPS) is 23.0. The number of hydrogen-bond donors (Lipinski definition) is 4. The van der Waals surface area contributed by atoms with Gasteiger partial charge in [-0.2, -0.15) is 0 Å². The van der Waals surface area contributed by atoms with Crippen molar-refractivity contribution in [1.82, 2.24) is 10.3 Å². The number of primary amides is 1. The van der Waals surface area contributed by atoms with Crippen molar-refractivity contribution in [3.63, 3.8) is 0 Å². The number of rotatable bonds is 5. The van der Waals surface area contributed by atoms with Crippen LogP contribution in [-0.4, -0.2) is 28.0 Å². The van der Waals surface area contributed by atoms with E-state index in [-0.39, 0.29) is 17.7 Å². The summed E-state index contributed by atoms with van der Waals surface area (Å²) in [5.41, 5.74) is 12.3. The molecule has 1 aliphatic rings. The minimum atomic E-state index is -0.199. The molecule has 21 heavy (non-hydrogen) atoms. The van der Waals surface area contributed by atoms with Gasteiger partial charge < -0.3 is 22.0 Å². The topological polar surface area (TPSA) is 127 Å². The lowest BCUT2D eigenvalue weighted by Crippen LogP contribution is -2.36. The highest BCUT2D eigenvalue weighted by Crippen LogP contribution is 2.24. The van der Waals surface area contributed by atoms with Crippen molar-refractivity contribution in [2.75, 3.05) is 0 Å². The summed E-state index contributed by atoms with van der Waals surface area (Å²) < 4.78 is 0. The summed E-state index contributed by atoms with van der Waals surface area (Å²) in [4.78, 5) is 15.3. The SMILES string of the molecule is NC(=O)C1CCC(NCc2cccnc2C(N)=NO)CC1. The lowest BCUT2D eigenvalue weighted by molar-refractivity contribution is -0.122. The lowest BCUT2D eigenvalue weighted by Gasteiger charge is -2.27. The largest absolute Gasteiger partial charge is 0.409 e. The Morgan fingerprint density at radius 3 is 2.71 bits per heavy atom. The van der Waals surface area contributed by atoms with E-state index in [0.29, 0.717) is 18.3 Å². The fraction of sp³-hybridized carbons (Fsp3) is 0.500. The standard InChI is InChI=1S/C14H21N5O2/c15-13(19-21)12-10(2-1-7-17-12)8-18-11-5-3-9(4-6-11)14(16)20/h1-2,7,9,11,18,21H,3-6,8H2,(H2,15,19)(H2,16,20). The Morgan fingerprint density at radius 1 is 1.38 bits per heavy atom. The van der Waals surface area contributed by atoms with E-state index in [4.69, 9.17) is 16.7 Å². The highest BCUT2D eigenvalue weighted by molar-refractivity contribution is 5.96. The van der Waals surface area contributed by atoms with Gasteiger partial charge in [-0.05, 0) is 37.3 Å². The van der Waals surface area contributed by atoms with Crippen molar-refractivity contribution in [3.05, 3.63) is 29.6 Å². The first kappa shape index (κ1) is 15.2. The van der Waals surface area contributed by atoms with E-state index in [1.54, 1.807) is 6.20 Å². The van der Waals surface area contributed by atoms with Crippen LogP contribution in [0.4, 0.5) is 0 Å². The van der Waals surface area contributed by atoms with Gasteiger partial charge in [0, 0.05) is 24.7 Å². The van der Waals surface area contributed by atoms with Gasteiger partial charge in [-0.25, -0.2) is 0 Å². The summed E-state index contributed by atoms with van der Waals surface area (Å²) in [6, 6.07) is 4.05. The molecule has 1 aliphatic carbocycles. The van der Waals surface area contributed by atoms with Gasteiger partial charge in [0.2, 0.25) is 5.91 Å². The van der Waals surface area contributed by atoms with E-state index in [1.165, 1.54) is 0 Å². The minimum Gasteiger partial charge on any atom is -0.409 e. The maximum atomic E-state index is 11.1. The average Bonchev–Trinajstić information content (AvgIpc) is 2.52. The predicted molar refractivity (Wildman–Crippen MR) is 78.5 cm³/mol. The minimum absolute atomic E-state index is 0.00448. The predicted octanol–water partition coefficient (Wildman–Crippen LogP) is 0.310. The van der Waals surface area contributed by atoms with Gasteiger partial charge in [0.25, 0.3) is 0 Å². The Morgan fingerprint density at radius 2 is 2.10 bits per heavy atom. The molecule has 1 aromatic heterocycles. The number of nitrogens with one attached hydrogen (secondary N) is 1. The summed E-state index contributed by atoms with van der Waals surface area (Å²) in [5, 5.41) is 15.2. The zero-order valence-corrected chi connectivity index (χ0v) is 11.8. The Kier molecular flexibility index (Phi) is 5.10. The molecule has 0 spiro atoms. The van der Waals surface area contributed by atoms with Crippen LogP contribution in [0.3, 0.4) is 0 Å². The van der Waals surface area contributed by atoms with Gasteiger partial charge in [0.1, 0.15) is 5.69 Å². The monoisotopic (exact) mass is 291 g/mol. The fourth-order valence-corrected chi connectivity index (χ4v) is 2.70.